The Hall–Kier alpha value is -4.10. The molecule has 0 unspecified atom stereocenters. The van der Waals surface area contributed by atoms with Crippen LogP contribution in [0.4, 0.5) is 19.0 Å². The number of hydrogen-bond acceptors (Lipinski definition) is 7. The minimum absolute atomic E-state index is 0.00990. The van der Waals surface area contributed by atoms with E-state index in [0.29, 0.717) is 29.6 Å². The molecule has 1 N–H and O–H groups in total. The van der Waals surface area contributed by atoms with Crippen molar-refractivity contribution >= 4 is 27.5 Å². The summed E-state index contributed by atoms with van der Waals surface area (Å²) in [7, 11) is 1.90. The second-order valence-electron chi connectivity index (χ2n) is 12.1. The molecule has 3 fully saturated rings. The molecule has 0 amide bonds. The van der Waals surface area contributed by atoms with Crippen LogP contribution in [0.25, 0.3) is 32.9 Å². The number of phenolic OH excluding ortho intramolecular Hbond substituents is 1. The minimum Gasteiger partial charge on any atom is -0.508 e. The average molecular weight is 574 g/mol. The maximum atomic E-state index is 16.6. The SMILES string of the molecule is C#Cc1c(F)ccc2cc(O)cc(-c3ncc4c(N(C)C5(C)CC5)nc(OC[C@@]56CCCN5C[C@H](F)C6)nc4c3F)c12. The Kier molecular flexibility index (Phi) is 6.03. The first-order valence-electron chi connectivity index (χ1n) is 14.2. The highest BCUT2D eigenvalue weighted by Crippen LogP contribution is 2.45. The van der Waals surface area contributed by atoms with Gasteiger partial charge in [-0.3, -0.25) is 9.88 Å². The molecule has 2 aromatic carbocycles. The second-order valence-corrected chi connectivity index (χ2v) is 12.1. The van der Waals surface area contributed by atoms with Crippen molar-refractivity contribution in [1.82, 2.24) is 19.9 Å². The van der Waals surface area contributed by atoms with Crippen LogP contribution in [0.15, 0.2) is 30.5 Å². The maximum absolute atomic E-state index is 16.6. The highest BCUT2D eigenvalue weighted by molar-refractivity contribution is 6.03. The van der Waals surface area contributed by atoms with E-state index >= 15 is 4.39 Å². The number of rotatable bonds is 6. The molecule has 2 saturated heterocycles. The number of fused-ring (bicyclic) bond motifs is 3. The number of ether oxygens (including phenoxy) is 1. The monoisotopic (exact) mass is 573 g/mol. The topological polar surface area (TPSA) is 74.6 Å². The van der Waals surface area contributed by atoms with E-state index in [9.17, 15) is 13.9 Å². The van der Waals surface area contributed by atoms with Crippen molar-refractivity contribution in [3.63, 3.8) is 0 Å². The summed E-state index contributed by atoms with van der Waals surface area (Å²) in [5.74, 6) is 1.26. The van der Waals surface area contributed by atoms with Crippen molar-refractivity contribution in [2.45, 2.75) is 56.3 Å². The normalized spacial score (nSPS) is 22.8. The van der Waals surface area contributed by atoms with Gasteiger partial charge in [0.05, 0.1) is 16.5 Å². The number of benzene rings is 2. The van der Waals surface area contributed by atoms with Crippen molar-refractivity contribution in [3.05, 3.63) is 47.7 Å². The van der Waals surface area contributed by atoms with Crippen molar-refractivity contribution in [3.8, 4) is 35.4 Å². The standard InChI is InChI=1S/C32H30F3N5O2/c1-4-21-24(34)7-6-18-12-20(41)13-22(25(18)21)27-26(35)28-23(15-36-27)29(39(3)31(2)9-10-31)38-30(37-28)42-17-32-8-5-11-40(32)16-19(33)14-32/h1,6-7,12-13,15,19,41H,5,8-11,14,16-17H2,2-3H3/t19-,32+/m1/s1. The van der Waals surface area contributed by atoms with E-state index in [4.69, 9.17) is 16.1 Å². The molecule has 2 atom stereocenters. The van der Waals surface area contributed by atoms with Gasteiger partial charge in [0.2, 0.25) is 0 Å². The highest BCUT2D eigenvalue weighted by Gasteiger charge is 2.49. The molecule has 0 radical (unpaired) electrons. The number of terminal acetylenes is 1. The summed E-state index contributed by atoms with van der Waals surface area (Å²) in [6, 6.07) is 5.43. The molecule has 7 nitrogen and oxygen atoms in total. The van der Waals surface area contributed by atoms with Gasteiger partial charge in [0.15, 0.2) is 5.82 Å². The largest absolute Gasteiger partial charge is 0.508 e. The summed E-state index contributed by atoms with van der Waals surface area (Å²) in [4.78, 5) is 17.8. The number of aromatic hydroxyl groups is 1. The van der Waals surface area contributed by atoms with Gasteiger partial charge in [-0.05, 0) is 62.7 Å². The third kappa shape index (κ3) is 4.13. The third-order valence-corrected chi connectivity index (χ3v) is 9.43. The van der Waals surface area contributed by atoms with Gasteiger partial charge in [0.25, 0.3) is 0 Å². The van der Waals surface area contributed by atoms with Crippen LogP contribution in [0.1, 0.15) is 44.6 Å². The molecule has 1 saturated carbocycles. The molecule has 4 heterocycles. The smallest absolute Gasteiger partial charge is 0.319 e. The lowest BCUT2D eigenvalue weighted by Gasteiger charge is -2.31. The first kappa shape index (κ1) is 26.8. The zero-order valence-corrected chi connectivity index (χ0v) is 23.4. The molecule has 3 aliphatic rings. The van der Waals surface area contributed by atoms with E-state index in [1.165, 1.54) is 30.5 Å². The van der Waals surface area contributed by atoms with Crippen LogP contribution < -0.4 is 9.64 Å². The number of alkyl halides is 1. The Labute approximate surface area is 241 Å². The lowest BCUT2D eigenvalue weighted by atomic mass is 9.95. The lowest BCUT2D eigenvalue weighted by molar-refractivity contribution is 0.107. The van der Waals surface area contributed by atoms with Crippen LogP contribution >= 0.6 is 0 Å². The minimum atomic E-state index is -0.913. The van der Waals surface area contributed by atoms with Crippen LogP contribution in [0.2, 0.25) is 0 Å². The maximum Gasteiger partial charge on any atom is 0.319 e. The Morgan fingerprint density at radius 3 is 2.79 bits per heavy atom. The molecular formula is C32H30F3N5O2. The number of halogens is 3. The predicted octanol–water partition coefficient (Wildman–Crippen LogP) is 5.75. The molecule has 1 aliphatic carbocycles. The summed E-state index contributed by atoms with van der Waals surface area (Å²) in [5, 5.41) is 11.5. The molecule has 7 rings (SSSR count). The number of hydrogen-bond donors (Lipinski definition) is 1. The predicted molar refractivity (Wildman–Crippen MR) is 154 cm³/mol. The summed E-state index contributed by atoms with van der Waals surface area (Å²) in [6.45, 7) is 3.50. The van der Waals surface area contributed by atoms with Gasteiger partial charge < -0.3 is 14.7 Å². The zero-order valence-electron chi connectivity index (χ0n) is 23.4. The van der Waals surface area contributed by atoms with Crippen molar-refractivity contribution in [2.24, 2.45) is 0 Å². The fraction of sp³-hybridized carbons (Fsp3) is 0.406. The Balaban J connectivity index is 1.39. The fourth-order valence-electron chi connectivity index (χ4n) is 6.70. The molecule has 4 aromatic rings. The molecule has 0 bridgehead atoms. The molecule has 0 spiro atoms. The number of pyridine rings is 1. The second kappa shape index (κ2) is 9.46. The highest BCUT2D eigenvalue weighted by atomic mass is 19.1. The van der Waals surface area contributed by atoms with E-state index in [-0.39, 0.29) is 51.6 Å². The van der Waals surface area contributed by atoms with Crippen LogP contribution in [0.5, 0.6) is 11.8 Å². The summed E-state index contributed by atoms with van der Waals surface area (Å²) >= 11 is 0. The molecule has 10 heteroatoms. The van der Waals surface area contributed by atoms with Gasteiger partial charge in [0.1, 0.15) is 41.4 Å². The van der Waals surface area contributed by atoms with Gasteiger partial charge in [-0.1, -0.05) is 12.0 Å². The molecule has 2 aliphatic heterocycles. The number of nitrogens with zero attached hydrogens (tertiary/aromatic N) is 5. The van der Waals surface area contributed by atoms with E-state index in [2.05, 4.69) is 27.7 Å². The van der Waals surface area contributed by atoms with Gasteiger partial charge in [-0.15, -0.1) is 6.42 Å². The van der Waals surface area contributed by atoms with Gasteiger partial charge in [0, 0.05) is 42.7 Å². The fourth-order valence-corrected chi connectivity index (χ4v) is 6.70. The van der Waals surface area contributed by atoms with Crippen molar-refractivity contribution in [2.75, 3.05) is 31.6 Å². The van der Waals surface area contributed by atoms with Crippen LogP contribution in [-0.4, -0.2) is 69.0 Å². The van der Waals surface area contributed by atoms with E-state index < -0.39 is 23.3 Å². The molecule has 216 valence electrons. The summed E-state index contributed by atoms with van der Waals surface area (Å²) in [5.41, 5.74) is -0.657. The van der Waals surface area contributed by atoms with Crippen LogP contribution in [0, 0.1) is 24.0 Å². The number of aromatic nitrogens is 3. The Bertz CT molecular complexity index is 1800. The zero-order chi connectivity index (χ0) is 29.4. The van der Waals surface area contributed by atoms with Gasteiger partial charge in [-0.2, -0.15) is 9.97 Å². The van der Waals surface area contributed by atoms with Crippen molar-refractivity contribution < 1.29 is 23.0 Å². The van der Waals surface area contributed by atoms with Gasteiger partial charge >= 0.3 is 6.01 Å². The van der Waals surface area contributed by atoms with E-state index in [0.717, 1.165) is 32.2 Å². The van der Waals surface area contributed by atoms with Crippen LogP contribution in [0.3, 0.4) is 0 Å². The molecule has 42 heavy (non-hydrogen) atoms. The third-order valence-electron chi connectivity index (χ3n) is 9.43. The summed E-state index contributed by atoms with van der Waals surface area (Å²) < 4.78 is 51.8. The number of anilines is 1. The first-order chi connectivity index (χ1) is 20.1. The quantitative estimate of drug-likeness (QED) is 0.294. The number of phenols is 1. The van der Waals surface area contributed by atoms with Crippen LogP contribution in [-0.2, 0) is 0 Å². The van der Waals surface area contributed by atoms with Gasteiger partial charge in [-0.25, -0.2) is 13.2 Å². The Morgan fingerprint density at radius 2 is 2.02 bits per heavy atom. The Morgan fingerprint density at radius 1 is 1.21 bits per heavy atom. The molecule has 2 aromatic heterocycles. The molecular weight excluding hydrogens is 543 g/mol. The van der Waals surface area contributed by atoms with E-state index in [1.807, 2.05) is 11.9 Å². The lowest BCUT2D eigenvalue weighted by Crippen LogP contribution is -2.43. The van der Waals surface area contributed by atoms with E-state index in [1.54, 1.807) is 0 Å². The average Bonchev–Trinajstić information content (AvgIpc) is 3.48. The first-order valence-corrected chi connectivity index (χ1v) is 14.2. The van der Waals surface area contributed by atoms with Crippen molar-refractivity contribution in [1.29, 1.82) is 0 Å². The summed E-state index contributed by atoms with van der Waals surface area (Å²) in [6.07, 6.45) is 10.3.